The summed E-state index contributed by atoms with van der Waals surface area (Å²) in [5, 5.41) is 38.2. The van der Waals surface area contributed by atoms with Gasteiger partial charge in [0.05, 0.1) is 12.7 Å². The first-order valence-electron chi connectivity index (χ1n) is 7.95. The maximum Gasteiger partial charge on any atom is 0.226 e. The van der Waals surface area contributed by atoms with Crippen LogP contribution in [0.15, 0.2) is 42.5 Å². The van der Waals surface area contributed by atoms with Gasteiger partial charge in [-0.2, -0.15) is 0 Å². The van der Waals surface area contributed by atoms with Gasteiger partial charge >= 0.3 is 0 Å². The molecule has 0 radical (unpaired) electrons. The second-order valence-corrected chi connectivity index (χ2v) is 5.96. The van der Waals surface area contributed by atoms with Crippen molar-refractivity contribution in [2.24, 2.45) is 0 Å². The van der Waals surface area contributed by atoms with Gasteiger partial charge in [0.1, 0.15) is 23.4 Å². The molecule has 0 unspecified atom stereocenters. The van der Waals surface area contributed by atoms with E-state index >= 15 is 0 Å². The molecule has 6 nitrogen and oxygen atoms in total. The minimum atomic E-state index is -0.873. The van der Waals surface area contributed by atoms with Crippen molar-refractivity contribution in [2.75, 3.05) is 6.61 Å². The Bertz CT molecular complexity index is 720. The Kier molecular flexibility index (Phi) is 5.23. The van der Waals surface area contributed by atoms with Crippen LogP contribution < -0.4 is 4.74 Å². The molecule has 1 saturated heterocycles. The molecule has 2 aromatic carbocycles. The number of ether oxygens (including phenoxy) is 2. The standard InChI is InChI=1S/C19H20O6/c20-14-7-13(8-15(21)9-14)2-1-12-3-5-17(6-4-12)25-19-18(23)10-16(22)11-24-19/h1-9,16,18-23H,10-11H2/b2-1+/t16-,18+,19-/m0/s1. The van der Waals surface area contributed by atoms with Crippen LogP contribution in [0.5, 0.6) is 17.2 Å². The van der Waals surface area contributed by atoms with Crippen molar-refractivity contribution in [1.82, 2.24) is 0 Å². The quantitative estimate of drug-likeness (QED) is 0.634. The van der Waals surface area contributed by atoms with Gasteiger partial charge in [0.25, 0.3) is 0 Å². The van der Waals surface area contributed by atoms with Crippen LogP contribution in [-0.4, -0.2) is 45.5 Å². The molecular weight excluding hydrogens is 324 g/mol. The molecule has 0 spiro atoms. The van der Waals surface area contributed by atoms with E-state index in [1.54, 1.807) is 30.3 Å². The van der Waals surface area contributed by atoms with Crippen molar-refractivity contribution in [2.45, 2.75) is 24.9 Å². The fraction of sp³-hybridized carbons (Fsp3) is 0.263. The number of phenolic OH excluding ortho intramolecular Hbond substituents is 2. The summed E-state index contributed by atoms with van der Waals surface area (Å²) in [6.45, 7) is 0.138. The number of rotatable bonds is 4. The zero-order valence-electron chi connectivity index (χ0n) is 13.4. The highest BCUT2D eigenvalue weighted by molar-refractivity contribution is 5.71. The first-order chi connectivity index (χ1) is 12.0. The van der Waals surface area contributed by atoms with Crippen molar-refractivity contribution >= 4 is 12.2 Å². The lowest BCUT2D eigenvalue weighted by atomic mass is 10.1. The Morgan fingerprint density at radius 1 is 0.920 bits per heavy atom. The van der Waals surface area contributed by atoms with E-state index in [9.17, 15) is 20.4 Å². The lowest BCUT2D eigenvalue weighted by Gasteiger charge is -2.31. The summed E-state index contributed by atoms with van der Waals surface area (Å²) < 4.78 is 10.9. The number of aliphatic hydroxyl groups is 2. The molecule has 1 heterocycles. The first kappa shape index (κ1) is 17.3. The molecule has 3 rings (SSSR count). The van der Waals surface area contributed by atoms with Gasteiger partial charge in [-0.1, -0.05) is 24.3 Å². The largest absolute Gasteiger partial charge is 0.508 e. The highest BCUT2D eigenvalue weighted by Gasteiger charge is 2.30. The predicted molar refractivity (Wildman–Crippen MR) is 92.1 cm³/mol. The molecule has 0 aromatic heterocycles. The monoisotopic (exact) mass is 344 g/mol. The Morgan fingerprint density at radius 3 is 2.20 bits per heavy atom. The van der Waals surface area contributed by atoms with Crippen LogP contribution >= 0.6 is 0 Å². The number of aliphatic hydroxyl groups excluding tert-OH is 2. The number of aromatic hydroxyl groups is 2. The Morgan fingerprint density at radius 2 is 1.56 bits per heavy atom. The molecular formula is C19H20O6. The summed E-state index contributed by atoms with van der Waals surface area (Å²) in [7, 11) is 0. The molecule has 1 fully saturated rings. The lowest BCUT2D eigenvalue weighted by Crippen LogP contribution is -2.44. The van der Waals surface area contributed by atoms with Crippen LogP contribution in [0.1, 0.15) is 17.5 Å². The Hall–Kier alpha value is -2.54. The highest BCUT2D eigenvalue weighted by Crippen LogP contribution is 2.23. The van der Waals surface area contributed by atoms with Crippen LogP contribution in [-0.2, 0) is 4.74 Å². The van der Waals surface area contributed by atoms with E-state index < -0.39 is 18.5 Å². The average molecular weight is 344 g/mol. The SMILES string of the molecule is Oc1cc(O)cc(/C=C/c2ccc(O[C@@H]3OC[C@@H](O)C[C@H]3O)cc2)c1. The molecule has 1 aliphatic heterocycles. The second-order valence-electron chi connectivity index (χ2n) is 5.96. The molecule has 3 atom stereocenters. The maximum absolute atomic E-state index is 9.85. The summed E-state index contributed by atoms with van der Waals surface area (Å²) in [5.41, 5.74) is 1.57. The fourth-order valence-corrected chi connectivity index (χ4v) is 2.59. The molecule has 0 saturated carbocycles. The van der Waals surface area contributed by atoms with E-state index in [0.29, 0.717) is 11.3 Å². The molecule has 4 N–H and O–H groups in total. The highest BCUT2D eigenvalue weighted by atomic mass is 16.7. The van der Waals surface area contributed by atoms with Crippen molar-refractivity contribution in [3.63, 3.8) is 0 Å². The lowest BCUT2D eigenvalue weighted by molar-refractivity contribution is -0.198. The van der Waals surface area contributed by atoms with Crippen LogP contribution in [0.4, 0.5) is 0 Å². The van der Waals surface area contributed by atoms with Gasteiger partial charge < -0.3 is 29.9 Å². The molecule has 0 amide bonds. The summed E-state index contributed by atoms with van der Waals surface area (Å²) in [6.07, 6.45) is 1.49. The Balaban J connectivity index is 1.63. The Labute approximate surface area is 145 Å². The first-order valence-corrected chi connectivity index (χ1v) is 7.95. The number of benzene rings is 2. The summed E-state index contributed by atoms with van der Waals surface area (Å²) >= 11 is 0. The molecule has 1 aliphatic rings. The van der Waals surface area contributed by atoms with Crippen LogP contribution in [0, 0.1) is 0 Å². The van der Waals surface area contributed by atoms with Gasteiger partial charge in [-0.05, 0) is 35.4 Å². The number of hydrogen-bond donors (Lipinski definition) is 4. The normalized spacial score (nSPS) is 23.7. The third-order valence-electron chi connectivity index (χ3n) is 3.81. The van der Waals surface area contributed by atoms with Crippen LogP contribution in [0.25, 0.3) is 12.2 Å². The van der Waals surface area contributed by atoms with Crippen molar-refractivity contribution in [1.29, 1.82) is 0 Å². The van der Waals surface area contributed by atoms with Crippen molar-refractivity contribution in [3.8, 4) is 17.2 Å². The van der Waals surface area contributed by atoms with E-state index in [4.69, 9.17) is 9.47 Å². The predicted octanol–water partition coefficient (Wildman–Crippen LogP) is 2.12. The molecule has 0 bridgehead atoms. The zero-order valence-corrected chi connectivity index (χ0v) is 13.4. The van der Waals surface area contributed by atoms with E-state index in [2.05, 4.69) is 0 Å². The number of hydrogen-bond acceptors (Lipinski definition) is 6. The smallest absolute Gasteiger partial charge is 0.226 e. The summed E-state index contributed by atoms with van der Waals surface area (Å²) in [6, 6.07) is 11.5. The van der Waals surface area contributed by atoms with Gasteiger partial charge in [-0.25, -0.2) is 0 Å². The minimum Gasteiger partial charge on any atom is -0.508 e. The second kappa shape index (κ2) is 7.57. The van der Waals surface area contributed by atoms with Crippen molar-refractivity contribution < 1.29 is 29.9 Å². The van der Waals surface area contributed by atoms with Crippen LogP contribution in [0.2, 0.25) is 0 Å². The van der Waals surface area contributed by atoms with E-state index in [0.717, 1.165) is 5.56 Å². The zero-order chi connectivity index (χ0) is 17.8. The van der Waals surface area contributed by atoms with E-state index in [-0.39, 0.29) is 24.5 Å². The van der Waals surface area contributed by atoms with Gasteiger partial charge in [0.15, 0.2) is 0 Å². The minimum absolute atomic E-state index is 0.000411. The summed E-state index contributed by atoms with van der Waals surface area (Å²) in [4.78, 5) is 0. The summed E-state index contributed by atoms with van der Waals surface area (Å²) in [5.74, 6) is 0.548. The van der Waals surface area contributed by atoms with E-state index in [1.165, 1.54) is 6.07 Å². The third kappa shape index (κ3) is 4.73. The molecule has 0 aliphatic carbocycles. The molecule has 2 aromatic rings. The van der Waals surface area contributed by atoms with Crippen LogP contribution in [0.3, 0.4) is 0 Å². The van der Waals surface area contributed by atoms with Gasteiger partial charge in [0.2, 0.25) is 6.29 Å². The number of phenols is 2. The average Bonchev–Trinajstić information content (AvgIpc) is 2.56. The van der Waals surface area contributed by atoms with Gasteiger partial charge in [0, 0.05) is 12.5 Å². The molecule has 132 valence electrons. The van der Waals surface area contributed by atoms with E-state index in [1.807, 2.05) is 18.2 Å². The topological polar surface area (TPSA) is 99.4 Å². The van der Waals surface area contributed by atoms with Gasteiger partial charge in [-0.3, -0.25) is 0 Å². The molecule has 25 heavy (non-hydrogen) atoms. The molecule has 6 heteroatoms. The third-order valence-corrected chi connectivity index (χ3v) is 3.81. The maximum atomic E-state index is 9.85. The van der Waals surface area contributed by atoms with Crippen molar-refractivity contribution in [3.05, 3.63) is 53.6 Å². The fourth-order valence-electron chi connectivity index (χ4n) is 2.59. The van der Waals surface area contributed by atoms with Gasteiger partial charge in [-0.15, -0.1) is 0 Å².